The van der Waals surface area contributed by atoms with Gasteiger partial charge >= 0.3 is 0 Å². The fraction of sp³-hybridized carbons (Fsp3) is 0.500. The molecule has 1 atom stereocenters. The van der Waals surface area contributed by atoms with E-state index in [4.69, 9.17) is 17.3 Å². The van der Waals surface area contributed by atoms with Crippen LogP contribution in [0, 0.1) is 5.92 Å². The number of nitrogens with zero attached hydrogens (tertiary/aromatic N) is 1. The highest BCUT2D eigenvalue weighted by molar-refractivity contribution is 6.30. The molecule has 0 bridgehead atoms. The van der Waals surface area contributed by atoms with Gasteiger partial charge in [-0.05, 0) is 24.5 Å². The molecule has 0 saturated heterocycles. The van der Waals surface area contributed by atoms with Crippen LogP contribution in [0.3, 0.4) is 0 Å². The van der Waals surface area contributed by atoms with E-state index in [1.54, 1.807) is 6.20 Å². The molecule has 0 aliphatic carbocycles. The van der Waals surface area contributed by atoms with E-state index in [1.165, 1.54) is 0 Å². The molecule has 2 N–H and O–H groups in total. The summed E-state index contributed by atoms with van der Waals surface area (Å²) in [6.07, 6.45) is 2.59. The molecule has 1 rings (SSSR count). The third kappa shape index (κ3) is 3.33. The number of hydrogen-bond donors (Lipinski definition) is 1. The Morgan fingerprint density at radius 3 is 2.62 bits per heavy atom. The first-order valence-electron chi connectivity index (χ1n) is 4.46. The Balaban J connectivity index is 2.66. The van der Waals surface area contributed by atoms with Crippen molar-refractivity contribution in [3.05, 3.63) is 29.0 Å². The Morgan fingerprint density at radius 1 is 1.46 bits per heavy atom. The first-order valence-corrected chi connectivity index (χ1v) is 4.84. The third-order valence-corrected chi connectivity index (χ3v) is 2.08. The van der Waals surface area contributed by atoms with Gasteiger partial charge in [0.25, 0.3) is 0 Å². The van der Waals surface area contributed by atoms with Gasteiger partial charge in [-0.2, -0.15) is 0 Å². The van der Waals surface area contributed by atoms with Crippen LogP contribution in [0.5, 0.6) is 0 Å². The van der Waals surface area contributed by atoms with Crippen molar-refractivity contribution in [2.24, 2.45) is 11.7 Å². The molecular formula is C10H15ClN2. The Labute approximate surface area is 84.1 Å². The van der Waals surface area contributed by atoms with Crippen LogP contribution in [0.25, 0.3) is 0 Å². The second-order valence-corrected chi connectivity index (χ2v) is 4.07. The maximum atomic E-state index is 5.94. The van der Waals surface area contributed by atoms with Crippen molar-refractivity contribution in [2.45, 2.75) is 26.3 Å². The van der Waals surface area contributed by atoms with Gasteiger partial charge in [0.1, 0.15) is 0 Å². The molecule has 0 fully saturated rings. The Kier molecular flexibility index (Phi) is 3.70. The predicted octanol–water partition coefficient (Wildman–Crippen LogP) is 2.78. The summed E-state index contributed by atoms with van der Waals surface area (Å²) in [5, 5.41) is 0.653. The van der Waals surface area contributed by atoms with Crippen LogP contribution < -0.4 is 5.73 Å². The molecule has 3 heteroatoms. The summed E-state index contributed by atoms with van der Waals surface area (Å²) in [6, 6.07) is 3.73. The quantitative estimate of drug-likeness (QED) is 0.811. The van der Waals surface area contributed by atoms with Crippen molar-refractivity contribution in [2.75, 3.05) is 0 Å². The second kappa shape index (κ2) is 4.58. The van der Waals surface area contributed by atoms with E-state index < -0.39 is 0 Å². The van der Waals surface area contributed by atoms with Gasteiger partial charge in [-0.25, -0.2) is 0 Å². The standard InChI is InChI=1S/C10H15ClN2/c1-7(2)5-9(12)10-4-3-8(11)6-13-10/h3-4,6-7,9H,5,12H2,1-2H3. The van der Waals surface area contributed by atoms with Gasteiger partial charge in [-0.15, -0.1) is 0 Å². The van der Waals surface area contributed by atoms with Crippen molar-refractivity contribution in [1.29, 1.82) is 0 Å². The molecule has 0 spiro atoms. The van der Waals surface area contributed by atoms with E-state index >= 15 is 0 Å². The van der Waals surface area contributed by atoms with E-state index in [2.05, 4.69) is 18.8 Å². The number of rotatable bonds is 3. The van der Waals surface area contributed by atoms with Crippen molar-refractivity contribution in [3.63, 3.8) is 0 Å². The van der Waals surface area contributed by atoms with Gasteiger partial charge in [-0.1, -0.05) is 25.4 Å². The fourth-order valence-electron chi connectivity index (χ4n) is 1.24. The molecule has 0 aliphatic heterocycles. The van der Waals surface area contributed by atoms with Crippen molar-refractivity contribution in [1.82, 2.24) is 4.98 Å². The highest BCUT2D eigenvalue weighted by Crippen LogP contribution is 2.17. The molecule has 1 heterocycles. The van der Waals surface area contributed by atoms with Crippen molar-refractivity contribution < 1.29 is 0 Å². The molecule has 0 radical (unpaired) electrons. The van der Waals surface area contributed by atoms with Gasteiger partial charge in [-0.3, -0.25) is 4.98 Å². The Morgan fingerprint density at radius 2 is 2.15 bits per heavy atom. The SMILES string of the molecule is CC(C)CC(N)c1ccc(Cl)cn1. The van der Waals surface area contributed by atoms with E-state index in [9.17, 15) is 0 Å². The lowest BCUT2D eigenvalue weighted by Crippen LogP contribution is -2.14. The zero-order valence-corrected chi connectivity index (χ0v) is 8.75. The van der Waals surface area contributed by atoms with Gasteiger partial charge < -0.3 is 5.73 Å². The first-order chi connectivity index (χ1) is 6.09. The van der Waals surface area contributed by atoms with Crippen LogP contribution in [0.2, 0.25) is 5.02 Å². The molecule has 0 amide bonds. The molecule has 1 unspecified atom stereocenters. The van der Waals surface area contributed by atoms with Crippen LogP contribution in [-0.2, 0) is 0 Å². The smallest absolute Gasteiger partial charge is 0.0589 e. The van der Waals surface area contributed by atoms with Crippen LogP contribution >= 0.6 is 11.6 Å². The van der Waals surface area contributed by atoms with Crippen LogP contribution in [-0.4, -0.2) is 4.98 Å². The number of nitrogens with two attached hydrogens (primary N) is 1. The van der Waals surface area contributed by atoms with Crippen molar-refractivity contribution >= 4 is 11.6 Å². The molecule has 1 aromatic rings. The fourth-order valence-corrected chi connectivity index (χ4v) is 1.35. The topological polar surface area (TPSA) is 38.9 Å². The minimum Gasteiger partial charge on any atom is -0.323 e. The van der Waals surface area contributed by atoms with Gasteiger partial charge in [0.05, 0.1) is 10.7 Å². The lowest BCUT2D eigenvalue weighted by atomic mass is 10.0. The Hall–Kier alpha value is -0.600. The molecule has 0 aliphatic rings. The zero-order valence-electron chi connectivity index (χ0n) is 8.00. The third-order valence-electron chi connectivity index (χ3n) is 1.86. The molecule has 72 valence electrons. The molecule has 0 saturated carbocycles. The molecule has 13 heavy (non-hydrogen) atoms. The first kappa shape index (κ1) is 10.5. The summed E-state index contributed by atoms with van der Waals surface area (Å²) < 4.78 is 0. The van der Waals surface area contributed by atoms with Crippen LogP contribution in [0.1, 0.15) is 32.0 Å². The van der Waals surface area contributed by atoms with E-state index in [0.717, 1.165) is 12.1 Å². The zero-order chi connectivity index (χ0) is 9.84. The minimum absolute atomic E-state index is 0.0252. The molecule has 2 nitrogen and oxygen atoms in total. The number of halogens is 1. The van der Waals surface area contributed by atoms with Gasteiger partial charge in [0, 0.05) is 12.2 Å². The summed E-state index contributed by atoms with van der Waals surface area (Å²) in [6.45, 7) is 4.30. The number of hydrogen-bond acceptors (Lipinski definition) is 2. The van der Waals surface area contributed by atoms with Gasteiger partial charge in [0.2, 0.25) is 0 Å². The number of aromatic nitrogens is 1. The summed E-state index contributed by atoms with van der Waals surface area (Å²) in [5.74, 6) is 0.590. The van der Waals surface area contributed by atoms with E-state index in [0.29, 0.717) is 10.9 Å². The van der Waals surface area contributed by atoms with Crippen molar-refractivity contribution in [3.8, 4) is 0 Å². The molecular weight excluding hydrogens is 184 g/mol. The summed E-state index contributed by atoms with van der Waals surface area (Å²) in [4.78, 5) is 4.17. The maximum Gasteiger partial charge on any atom is 0.0589 e. The maximum absolute atomic E-state index is 5.94. The molecule has 0 aromatic carbocycles. The average molecular weight is 199 g/mol. The highest BCUT2D eigenvalue weighted by Gasteiger charge is 2.08. The lowest BCUT2D eigenvalue weighted by Gasteiger charge is -2.12. The lowest BCUT2D eigenvalue weighted by molar-refractivity contribution is 0.502. The predicted molar refractivity (Wildman–Crippen MR) is 55.6 cm³/mol. The van der Waals surface area contributed by atoms with Gasteiger partial charge in [0.15, 0.2) is 0 Å². The minimum atomic E-state index is 0.0252. The molecule has 1 aromatic heterocycles. The summed E-state index contributed by atoms with van der Waals surface area (Å²) in [5.41, 5.74) is 6.86. The summed E-state index contributed by atoms with van der Waals surface area (Å²) >= 11 is 5.72. The summed E-state index contributed by atoms with van der Waals surface area (Å²) in [7, 11) is 0. The Bertz CT molecular complexity index is 256. The normalized spacial score (nSPS) is 13.3. The van der Waals surface area contributed by atoms with E-state index in [1.807, 2.05) is 12.1 Å². The van der Waals surface area contributed by atoms with E-state index in [-0.39, 0.29) is 6.04 Å². The van der Waals surface area contributed by atoms with Crippen LogP contribution in [0.15, 0.2) is 18.3 Å². The van der Waals surface area contributed by atoms with Crippen LogP contribution in [0.4, 0.5) is 0 Å². The number of pyridine rings is 1. The highest BCUT2D eigenvalue weighted by atomic mass is 35.5. The average Bonchev–Trinajstić information content (AvgIpc) is 2.04. The monoisotopic (exact) mass is 198 g/mol. The second-order valence-electron chi connectivity index (χ2n) is 3.64. The largest absolute Gasteiger partial charge is 0.323 e.